The molecule has 5 nitrogen and oxygen atoms in total. The SMILES string of the molecule is CC1=C(OS(=O)(=O)C(F)(F)F)C[C@H](O[Si](C)(C)C(C)(C)C)C[C@H]1O[Si](C)(C)C(C)(C)C. The van der Waals surface area contributed by atoms with E-state index < -0.39 is 44.5 Å². The van der Waals surface area contributed by atoms with Crippen molar-refractivity contribution in [2.75, 3.05) is 0 Å². The molecule has 31 heavy (non-hydrogen) atoms. The van der Waals surface area contributed by atoms with Crippen molar-refractivity contribution in [2.45, 2.75) is 115 Å². The van der Waals surface area contributed by atoms with E-state index in [1.807, 2.05) is 13.1 Å². The molecule has 11 heteroatoms. The van der Waals surface area contributed by atoms with Gasteiger partial charge in [0.2, 0.25) is 0 Å². The predicted molar refractivity (Wildman–Crippen MR) is 122 cm³/mol. The molecule has 0 fully saturated rings. The van der Waals surface area contributed by atoms with Crippen molar-refractivity contribution in [2.24, 2.45) is 0 Å². The van der Waals surface area contributed by atoms with Gasteiger partial charge in [-0.3, -0.25) is 0 Å². The van der Waals surface area contributed by atoms with Gasteiger partial charge in [-0.15, -0.1) is 0 Å². The van der Waals surface area contributed by atoms with E-state index in [1.54, 1.807) is 6.92 Å². The average molecular weight is 505 g/mol. The molecule has 0 saturated heterocycles. The molecule has 0 saturated carbocycles. The molecule has 2 atom stereocenters. The highest BCUT2D eigenvalue weighted by molar-refractivity contribution is 7.87. The summed E-state index contributed by atoms with van der Waals surface area (Å²) >= 11 is 0. The van der Waals surface area contributed by atoms with Crippen LogP contribution in [0.15, 0.2) is 11.3 Å². The van der Waals surface area contributed by atoms with Crippen LogP contribution in [0.5, 0.6) is 0 Å². The topological polar surface area (TPSA) is 61.8 Å². The normalized spacial score (nSPS) is 22.6. The Morgan fingerprint density at radius 1 is 0.871 bits per heavy atom. The van der Waals surface area contributed by atoms with Crippen LogP contribution < -0.4 is 0 Å². The van der Waals surface area contributed by atoms with Crippen molar-refractivity contribution in [3.63, 3.8) is 0 Å². The molecule has 0 N–H and O–H groups in total. The summed E-state index contributed by atoms with van der Waals surface area (Å²) in [5.41, 5.74) is -5.11. The Morgan fingerprint density at radius 2 is 1.29 bits per heavy atom. The largest absolute Gasteiger partial charge is 0.534 e. The molecule has 0 aromatic rings. The van der Waals surface area contributed by atoms with Crippen molar-refractivity contribution in [1.82, 2.24) is 0 Å². The minimum Gasteiger partial charge on any atom is -0.413 e. The minimum absolute atomic E-state index is 0.0367. The highest BCUT2D eigenvalue weighted by Crippen LogP contribution is 2.44. The smallest absolute Gasteiger partial charge is 0.413 e. The maximum absolute atomic E-state index is 13.0. The Hall–Kier alpha value is -0.366. The van der Waals surface area contributed by atoms with Crippen LogP contribution in [0, 0.1) is 0 Å². The zero-order valence-corrected chi connectivity index (χ0v) is 23.5. The fraction of sp³-hybridized carbons (Fsp3) is 0.900. The molecule has 0 unspecified atom stereocenters. The van der Waals surface area contributed by atoms with Gasteiger partial charge in [-0.25, -0.2) is 0 Å². The summed E-state index contributed by atoms with van der Waals surface area (Å²) in [4.78, 5) is 0. The molecule has 0 aromatic heterocycles. The van der Waals surface area contributed by atoms with Crippen LogP contribution in [0.1, 0.15) is 61.3 Å². The Bertz CT molecular complexity index is 791. The summed E-state index contributed by atoms with van der Waals surface area (Å²) in [7, 11) is -10.3. The Labute approximate surface area is 188 Å². The molecular formula is C20H39F3O5SSi2. The van der Waals surface area contributed by atoms with E-state index in [2.05, 4.69) is 58.8 Å². The third kappa shape index (κ3) is 6.81. The number of alkyl halides is 3. The second kappa shape index (κ2) is 8.77. The van der Waals surface area contributed by atoms with Crippen molar-refractivity contribution >= 4 is 26.8 Å². The third-order valence-corrected chi connectivity index (χ3v) is 16.8. The Kier molecular flexibility index (Phi) is 8.11. The van der Waals surface area contributed by atoms with Gasteiger partial charge >= 0.3 is 15.6 Å². The lowest BCUT2D eigenvalue weighted by Gasteiger charge is -2.44. The van der Waals surface area contributed by atoms with E-state index in [0.717, 1.165) is 0 Å². The molecule has 0 spiro atoms. The first-order valence-electron chi connectivity index (χ1n) is 10.5. The lowest BCUT2D eigenvalue weighted by molar-refractivity contribution is -0.0531. The van der Waals surface area contributed by atoms with Gasteiger partial charge in [0.15, 0.2) is 16.6 Å². The zero-order chi connectivity index (χ0) is 24.8. The van der Waals surface area contributed by atoms with Crippen LogP contribution in [0.2, 0.25) is 36.3 Å². The van der Waals surface area contributed by atoms with Crippen molar-refractivity contribution in [3.8, 4) is 0 Å². The molecule has 1 rings (SSSR count). The van der Waals surface area contributed by atoms with E-state index in [4.69, 9.17) is 8.85 Å². The lowest BCUT2D eigenvalue weighted by atomic mass is 9.94. The Morgan fingerprint density at radius 3 is 1.68 bits per heavy atom. The second-order valence-electron chi connectivity index (χ2n) is 11.4. The monoisotopic (exact) mass is 504 g/mol. The number of hydrogen-bond acceptors (Lipinski definition) is 5. The van der Waals surface area contributed by atoms with Gasteiger partial charge in [0.25, 0.3) is 0 Å². The molecule has 0 aromatic carbocycles. The summed E-state index contributed by atoms with van der Waals surface area (Å²) < 4.78 is 79.9. The summed E-state index contributed by atoms with van der Waals surface area (Å²) in [6.07, 6.45) is -0.643. The summed E-state index contributed by atoms with van der Waals surface area (Å²) in [5.74, 6) is -0.226. The van der Waals surface area contributed by atoms with Gasteiger partial charge < -0.3 is 13.0 Å². The summed E-state index contributed by atoms with van der Waals surface area (Å²) in [5, 5.41) is -0.238. The van der Waals surface area contributed by atoms with Gasteiger partial charge in [0.1, 0.15) is 5.76 Å². The first-order chi connectivity index (χ1) is 13.4. The first kappa shape index (κ1) is 28.7. The highest BCUT2D eigenvalue weighted by Gasteiger charge is 2.50. The van der Waals surface area contributed by atoms with Gasteiger partial charge in [0, 0.05) is 12.8 Å². The molecule has 184 valence electrons. The van der Waals surface area contributed by atoms with Gasteiger partial charge in [0.05, 0.1) is 12.2 Å². The molecular weight excluding hydrogens is 465 g/mol. The Balaban J connectivity index is 3.37. The van der Waals surface area contributed by atoms with Crippen molar-refractivity contribution in [3.05, 3.63) is 11.3 Å². The molecule has 0 aliphatic heterocycles. The van der Waals surface area contributed by atoms with E-state index >= 15 is 0 Å². The standard InChI is InChI=1S/C20H39F3O5SSi2/c1-14-16(26-29(24,25)20(21,22)23)12-15(27-30(8,9)18(2,3)4)13-17(14)28-31(10,11)19(5,6)7/h15,17H,12-13H2,1-11H3/t15-,17+/m0/s1. The second-order valence-corrected chi connectivity index (χ2v) is 22.4. The van der Waals surface area contributed by atoms with E-state index in [9.17, 15) is 21.6 Å². The molecule has 1 aliphatic carbocycles. The predicted octanol–water partition coefficient (Wildman–Crippen LogP) is 6.70. The fourth-order valence-electron chi connectivity index (χ4n) is 2.68. The van der Waals surface area contributed by atoms with E-state index in [-0.39, 0.29) is 22.3 Å². The highest BCUT2D eigenvalue weighted by atomic mass is 32.2. The van der Waals surface area contributed by atoms with Crippen molar-refractivity contribution in [1.29, 1.82) is 0 Å². The molecule has 0 heterocycles. The number of hydrogen-bond donors (Lipinski definition) is 0. The average Bonchev–Trinajstić information content (AvgIpc) is 2.47. The number of rotatable bonds is 6. The minimum atomic E-state index is -5.77. The van der Waals surface area contributed by atoms with Crippen LogP contribution in [0.25, 0.3) is 0 Å². The molecule has 1 aliphatic rings. The number of halogens is 3. The third-order valence-electron chi connectivity index (χ3n) is 6.82. The molecule has 0 bridgehead atoms. The van der Waals surface area contributed by atoms with E-state index in [0.29, 0.717) is 12.0 Å². The lowest BCUT2D eigenvalue weighted by Crippen LogP contribution is -2.49. The first-order valence-corrected chi connectivity index (χ1v) is 17.7. The van der Waals surface area contributed by atoms with E-state index in [1.165, 1.54) is 0 Å². The fourth-order valence-corrected chi connectivity index (χ4v) is 5.94. The summed E-state index contributed by atoms with van der Waals surface area (Å²) in [6.45, 7) is 22.2. The maximum atomic E-state index is 13.0. The maximum Gasteiger partial charge on any atom is 0.534 e. The van der Waals surface area contributed by atoms with Gasteiger partial charge in [-0.1, -0.05) is 41.5 Å². The molecule has 0 amide bonds. The van der Waals surface area contributed by atoms with Crippen LogP contribution in [-0.2, 0) is 23.2 Å². The quantitative estimate of drug-likeness (QED) is 0.229. The summed E-state index contributed by atoms with van der Waals surface area (Å²) in [6, 6.07) is 0. The van der Waals surface area contributed by atoms with Gasteiger partial charge in [-0.05, 0) is 48.8 Å². The zero-order valence-electron chi connectivity index (χ0n) is 20.7. The van der Waals surface area contributed by atoms with Crippen LogP contribution in [-0.4, -0.2) is 42.8 Å². The molecule has 0 radical (unpaired) electrons. The van der Waals surface area contributed by atoms with Crippen molar-refractivity contribution < 1.29 is 34.6 Å². The van der Waals surface area contributed by atoms with Crippen LogP contribution >= 0.6 is 0 Å². The van der Waals surface area contributed by atoms with Crippen LogP contribution in [0.3, 0.4) is 0 Å². The van der Waals surface area contributed by atoms with Crippen LogP contribution in [0.4, 0.5) is 13.2 Å². The van der Waals surface area contributed by atoms with Gasteiger partial charge in [-0.2, -0.15) is 21.6 Å².